The fourth-order valence-electron chi connectivity index (χ4n) is 11.2. The van der Waals surface area contributed by atoms with E-state index < -0.39 is 16.9 Å². The molecule has 5 heteroatoms. The molecule has 0 bridgehead atoms. The van der Waals surface area contributed by atoms with Crippen molar-refractivity contribution < 1.29 is 19.4 Å². The van der Waals surface area contributed by atoms with Crippen molar-refractivity contribution in [3.8, 4) is 6.07 Å². The van der Waals surface area contributed by atoms with Crippen LogP contribution >= 0.6 is 0 Å². The van der Waals surface area contributed by atoms with Gasteiger partial charge in [-0.2, -0.15) is 5.26 Å². The minimum Gasteiger partial charge on any atom is -0.469 e. The highest BCUT2D eigenvalue weighted by Crippen LogP contribution is 2.76. The number of hydrogen-bond acceptors (Lipinski definition) is 5. The molecule has 0 heterocycles. The number of fused-ring (bicyclic) bond motifs is 7. The fraction of sp³-hybridized carbons (Fsp3) is 0.844. The average Bonchev–Trinajstić information content (AvgIpc) is 2.82. The lowest BCUT2D eigenvalue weighted by Gasteiger charge is -2.73. The van der Waals surface area contributed by atoms with Crippen LogP contribution in [0.1, 0.15) is 99.8 Å². The quantitative estimate of drug-likeness (QED) is 0.422. The highest BCUT2D eigenvalue weighted by molar-refractivity contribution is 6.04. The number of aliphatic hydroxyl groups is 1. The number of carbonyl (C=O) groups excluding carboxylic acids is 2. The minimum absolute atomic E-state index is 0.0268. The van der Waals surface area contributed by atoms with Gasteiger partial charge in [-0.3, -0.25) is 9.59 Å². The zero-order valence-electron chi connectivity index (χ0n) is 24.2. The number of methoxy groups -OCH3 is 1. The molecule has 5 rings (SSSR count). The van der Waals surface area contributed by atoms with Crippen molar-refractivity contribution in [2.75, 3.05) is 7.11 Å². The Morgan fingerprint density at radius 2 is 1.65 bits per heavy atom. The standard InChI is InChI=1S/C32H47NO4/c1-27(2)11-13-32(26(36)37-8)14-12-31(7)24(20(32)17-27)21(34)15-23-29(5)16-19(18-33)25(35)28(3,4)22(29)9-10-30(23,31)6/h16,20-24,34H,9-15,17H2,1-8H3/t20?,21?,22?,23?,24?,29-,30+,31+,32-/m0/s1. The van der Waals surface area contributed by atoms with Gasteiger partial charge < -0.3 is 9.84 Å². The van der Waals surface area contributed by atoms with Gasteiger partial charge in [0.05, 0.1) is 24.2 Å². The fourth-order valence-corrected chi connectivity index (χ4v) is 11.2. The van der Waals surface area contributed by atoms with E-state index in [4.69, 9.17) is 4.74 Å². The predicted molar refractivity (Wildman–Crippen MR) is 142 cm³/mol. The lowest BCUT2D eigenvalue weighted by atomic mass is 9.31. The summed E-state index contributed by atoms with van der Waals surface area (Å²) in [4.78, 5) is 26.7. The van der Waals surface area contributed by atoms with E-state index in [-0.39, 0.29) is 62.7 Å². The van der Waals surface area contributed by atoms with E-state index in [1.807, 2.05) is 19.9 Å². The smallest absolute Gasteiger partial charge is 0.312 e. The van der Waals surface area contributed by atoms with Gasteiger partial charge in [-0.25, -0.2) is 0 Å². The van der Waals surface area contributed by atoms with Gasteiger partial charge in [-0.15, -0.1) is 0 Å². The van der Waals surface area contributed by atoms with Crippen LogP contribution in [-0.2, 0) is 14.3 Å². The van der Waals surface area contributed by atoms with Crippen molar-refractivity contribution in [3.63, 3.8) is 0 Å². The predicted octanol–water partition coefficient (Wildman–Crippen LogP) is 6.25. The Balaban J connectivity index is 1.64. The Morgan fingerprint density at radius 3 is 2.27 bits per heavy atom. The van der Waals surface area contributed by atoms with Crippen LogP contribution in [0.3, 0.4) is 0 Å². The molecular formula is C32H47NO4. The Kier molecular flexibility index (Phi) is 5.77. The van der Waals surface area contributed by atoms with E-state index in [1.165, 1.54) is 7.11 Å². The molecule has 1 N–H and O–H groups in total. The molecule has 0 aliphatic heterocycles. The topological polar surface area (TPSA) is 87.4 Å². The van der Waals surface area contributed by atoms with Crippen LogP contribution in [0.15, 0.2) is 11.6 Å². The van der Waals surface area contributed by atoms with Gasteiger partial charge in [0.2, 0.25) is 0 Å². The van der Waals surface area contributed by atoms with Crippen molar-refractivity contribution in [1.29, 1.82) is 5.26 Å². The summed E-state index contributed by atoms with van der Waals surface area (Å²) in [7, 11) is 1.52. The van der Waals surface area contributed by atoms with E-state index in [2.05, 4.69) is 40.7 Å². The first-order chi connectivity index (χ1) is 17.0. The number of rotatable bonds is 1. The Bertz CT molecular complexity index is 1100. The molecule has 204 valence electrons. The Labute approximate surface area is 223 Å². The third-order valence-electron chi connectivity index (χ3n) is 13.3. The summed E-state index contributed by atoms with van der Waals surface area (Å²) in [5.74, 6) is 0.300. The molecule has 0 saturated heterocycles. The summed E-state index contributed by atoms with van der Waals surface area (Å²) < 4.78 is 5.45. The molecule has 4 saturated carbocycles. The van der Waals surface area contributed by atoms with Gasteiger partial charge in [0, 0.05) is 5.41 Å². The maximum Gasteiger partial charge on any atom is 0.312 e. The maximum atomic E-state index is 13.4. The van der Waals surface area contributed by atoms with Crippen LogP contribution in [0.5, 0.6) is 0 Å². The van der Waals surface area contributed by atoms with Crippen molar-refractivity contribution in [2.45, 2.75) is 106 Å². The van der Waals surface area contributed by atoms with Crippen LogP contribution in [0.2, 0.25) is 0 Å². The number of Topliss-reactive ketones (excluding diaryl/α,β-unsaturated/α-hetero) is 1. The second-order valence-electron chi connectivity index (χ2n) is 15.5. The van der Waals surface area contributed by atoms with Crippen LogP contribution < -0.4 is 0 Å². The van der Waals surface area contributed by atoms with Gasteiger partial charge >= 0.3 is 5.97 Å². The monoisotopic (exact) mass is 509 g/mol. The van der Waals surface area contributed by atoms with Crippen molar-refractivity contribution in [2.24, 2.45) is 56.2 Å². The average molecular weight is 510 g/mol. The molecule has 0 spiro atoms. The largest absolute Gasteiger partial charge is 0.469 e. The van der Waals surface area contributed by atoms with E-state index in [0.717, 1.165) is 44.9 Å². The lowest BCUT2D eigenvalue weighted by Crippen LogP contribution is -2.70. The number of aliphatic hydroxyl groups excluding tert-OH is 1. The van der Waals surface area contributed by atoms with Gasteiger partial charge in [0.15, 0.2) is 5.78 Å². The van der Waals surface area contributed by atoms with Crippen LogP contribution in [0, 0.1) is 67.5 Å². The number of ketones is 1. The number of nitrogens with zero attached hydrogens (tertiary/aromatic N) is 1. The number of hydrogen-bond donors (Lipinski definition) is 1. The third-order valence-corrected chi connectivity index (χ3v) is 13.3. The van der Waals surface area contributed by atoms with Gasteiger partial charge in [-0.1, -0.05) is 54.5 Å². The SMILES string of the molecule is COC(=O)[C@]12CCC(C)(C)CC1C1C(O)CC3[C@@]4(C)C=C(C#N)C(=O)C(C)(C)C4CC[C@@]3(C)[C@]1(C)CC2. The van der Waals surface area contributed by atoms with E-state index >= 15 is 0 Å². The number of carbonyl (C=O) groups is 2. The highest BCUT2D eigenvalue weighted by atomic mass is 16.5. The molecule has 5 nitrogen and oxygen atoms in total. The second kappa shape index (κ2) is 7.93. The molecule has 9 atom stereocenters. The Hall–Kier alpha value is -1.67. The van der Waals surface area contributed by atoms with E-state index in [1.54, 1.807) is 0 Å². The highest BCUT2D eigenvalue weighted by Gasteiger charge is 2.73. The lowest BCUT2D eigenvalue weighted by molar-refractivity contribution is -0.260. The number of nitriles is 1. The van der Waals surface area contributed by atoms with Crippen molar-refractivity contribution >= 4 is 11.8 Å². The molecule has 5 aliphatic rings. The normalized spacial score (nSPS) is 49.8. The molecule has 0 aromatic rings. The number of esters is 1. The first kappa shape index (κ1) is 26.9. The molecule has 0 radical (unpaired) electrons. The maximum absolute atomic E-state index is 13.4. The number of ether oxygens (including phenoxy) is 1. The third kappa shape index (κ3) is 3.23. The molecular weight excluding hydrogens is 462 g/mol. The van der Waals surface area contributed by atoms with Crippen LogP contribution in [0.25, 0.3) is 0 Å². The zero-order valence-corrected chi connectivity index (χ0v) is 24.2. The zero-order chi connectivity index (χ0) is 27.4. The second-order valence-corrected chi connectivity index (χ2v) is 15.5. The Morgan fingerprint density at radius 1 is 1.00 bits per heavy atom. The number of allylic oxidation sites excluding steroid dienone is 2. The van der Waals surface area contributed by atoms with Gasteiger partial charge in [-0.05, 0) is 96.7 Å². The molecule has 5 unspecified atom stereocenters. The first-order valence-corrected chi connectivity index (χ1v) is 14.5. The van der Waals surface area contributed by atoms with Gasteiger partial charge in [0.1, 0.15) is 6.07 Å². The summed E-state index contributed by atoms with van der Waals surface area (Å²) in [6, 6.07) is 2.22. The molecule has 4 fully saturated rings. The van der Waals surface area contributed by atoms with Gasteiger partial charge in [0.25, 0.3) is 0 Å². The molecule has 5 aliphatic carbocycles. The van der Waals surface area contributed by atoms with Crippen molar-refractivity contribution in [1.82, 2.24) is 0 Å². The summed E-state index contributed by atoms with van der Waals surface area (Å²) >= 11 is 0. The van der Waals surface area contributed by atoms with Crippen molar-refractivity contribution in [3.05, 3.63) is 11.6 Å². The molecule has 37 heavy (non-hydrogen) atoms. The molecule has 0 aromatic carbocycles. The summed E-state index contributed by atoms with van der Waals surface area (Å²) in [6.07, 6.45) is 8.54. The van der Waals surface area contributed by atoms with E-state index in [0.29, 0.717) is 6.42 Å². The first-order valence-electron chi connectivity index (χ1n) is 14.5. The molecule has 0 aromatic heterocycles. The summed E-state index contributed by atoms with van der Waals surface area (Å²) in [6.45, 7) is 15.7. The van der Waals surface area contributed by atoms with Crippen LogP contribution in [0.4, 0.5) is 0 Å². The van der Waals surface area contributed by atoms with Crippen LogP contribution in [-0.4, -0.2) is 30.1 Å². The molecule has 0 amide bonds. The minimum atomic E-state index is -0.599. The summed E-state index contributed by atoms with van der Waals surface area (Å²) in [5.41, 5.74) is -1.25. The van der Waals surface area contributed by atoms with E-state index in [9.17, 15) is 20.0 Å². The summed E-state index contributed by atoms with van der Waals surface area (Å²) in [5, 5.41) is 22.0.